The van der Waals surface area contributed by atoms with Crippen LogP contribution in [0.1, 0.15) is 38.5 Å². The van der Waals surface area contributed by atoms with Crippen molar-refractivity contribution in [2.45, 2.75) is 32.1 Å². The molecule has 6 heteroatoms. The van der Waals surface area contributed by atoms with Crippen LogP contribution in [0.4, 0.5) is 5.00 Å². The molecule has 0 radical (unpaired) electrons. The van der Waals surface area contributed by atoms with Gasteiger partial charge in [0.25, 0.3) is 5.91 Å². The molecule has 0 spiro atoms. The first-order chi connectivity index (χ1) is 10.1. The van der Waals surface area contributed by atoms with Crippen molar-refractivity contribution in [1.29, 1.82) is 0 Å². The zero-order valence-electron chi connectivity index (χ0n) is 11.5. The average Bonchev–Trinajstić information content (AvgIpc) is 3.04. The molecule has 0 aliphatic heterocycles. The fourth-order valence-electron chi connectivity index (χ4n) is 2.66. The highest BCUT2D eigenvalue weighted by molar-refractivity contribution is 7.17. The molecule has 2 amide bonds. The van der Waals surface area contributed by atoms with E-state index < -0.39 is 5.91 Å². The summed E-state index contributed by atoms with van der Waals surface area (Å²) in [4.78, 5) is 26.1. The van der Waals surface area contributed by atoms with Crippen molar-refractivity contribution >= 4 is 39.5 Å². The molecule has 0 aromatic carbocycles. The molecule has 3 rings (SSSR count). The fraction of sp³-hybridized carbons (Fsp3) is 0.333. The van der Waals surface area contributed by atoms with Crippen molar-refractivity contribution < 1.29 is 9.59 Å². The minimum atomic E-state index is -0.444. The standard InChI is InChI=1S/C15H16N2O2S2/c16-14(19)13-10-5-1-2-6-11(10)21-15(13)17-12(18)8-9-4-3-7-20-9/h3-4,7H,1-2,5-6,8H2,(H2,16,19)(H,17,18). The van der Waals surface area contributed by atoms with Crippen LogP contribution in [0.25, 0.3) is 0 Å². The zero-order valence-corrected chi connectivity index (χ0v) is 13.1. The van der Waals surface area contributed by atoms with E-state index in [1.807, 2.05) is 17.5 Å². The van der Waals surface area contributed by atoms with Gasteiger partial charge in [-0.3, -0.25) is 9.59 Å². The molecular formula is C15H16N2O2S2. The molecule has 1 aliphatic rings. The predicted molar refractivity (Wildman–Crippen MR) is 86.1 cm³/mol. The maximum atomic E-state index is 12.1. The van der Waals surface area contributed by atoms with Crippen molar-refractivity contribution in [3.63, 3.8) is 0 Å². The second kappa shape index (κ2) is 5.99. The quantitative estimate of drug-likeness (QED) is 0.909. The van der Waals surface area contributed by atoms with Crippen molar-refractivity contribution in [2.75, 3.05) is 5.32 Å². The number of fused-ring (bicyclic) bond motifs is 1. The second-order valence-corrected chi connectivity index (χ2v) is 7.22. The average molecular weight is 320 g/mol. The van der Waals surface area contributed by atoms with E-state index >= 15 is 0 Å². The Hall–Kier alpha value is -1.66. The van der Waals surface area contributed by atoms with Gasteiger partial charge in [0, 0.05) is 9.75 Å². The van der Waals surface area contributed by atoms with Crippen LogP contribution in [0.2, 0.25) is 0 Å². The Morgan fingerprint density at radius 3 is 2.81 bits per heavy atom. The number of primary amides is 1. The first-order valence-electron chi connectivity index (χ1n) is 6.91. The van der Waals surface area contributed by atoms with E-state index in [1.165, 1.54) is 16.2 Å². The Kier molecular flexibility index (Phi) is 4.07. The zero-order chi connectivity index (χ0) is 14.8. The molecule has 21 heavy (non-hydrogen) atoms. The van der Waals surface area contributed by atoms with Gasteiger partial charge in [-0.25, -0.2) is 0 Å². The normalized spacial score (nSPS) is 13.7. The minimum absolute atomic E-state index is 0.0986. The molecule has 2 aromatic heterocycles. The molecule has 4 nitrogen and oxygen atoms in total. The van der Waals surface area contributed by atoms with Crippen molar-refractivity contribution in [1.82, 2.24) is 0 Å². The Balaban J connectivity index is 1.83. The van der Waals surface area contributed by atoms with E-state index in [1.54, 1.807) is 11.3 Å². The first kappa shape index (κ1) is 14.3. The molecule has 3 N–H and O–H groups in total. The molecule has 0 bridgehead atoms. The summed E-state index contributed by atoms with van der Waals surface area (Å²) in [5, 5.41) is 5.44. The van der Waals surface area contributed by atoms with Gasteiger partial charge in [-0.05, 0) is 42.7 Å². The van der Waals surface area contributed by atoms with Gasteiger partial charge in [-0.2, -0.15) is 0 Å². The van der Waals surface area contributed by atoms with Crippen LogP contribution in [0.3, 0.4) is 0 Å². The molecule has 0 saturated carbocycles. The Morgan fingerprint density at radius 2 is 2.10 bits per heavy atom. The van der Waals surface area contributed by atoms with E-state index in [9.17, 15) is 9.59 Å². The van der Waals surface area contributed by atoms with Gasteiger partial charge in [0.15, 0.2) is 0 Å². The fourth-order valence-corrected chi connectivity index (χ4v) is 4.67. The van der Waals surface area contributed by atoms with Crippen LogP contribution in [-0.2, 0) is 24.1 Å². The van der Waals surface area contributed by atoms with Gasteiger partial charge in [-0.1, -0.05) is 6.07 Å². The molecule has 0 unspecified atom stereocenters. The summed E-state index contributed by atoms with van der Waals surface area (Å²) in [5.41, 5.74) is 7.08. The second-order valence-electron chi connectivity index (χ2n) is 5.08. The summed E-state index contributed by atoms with van der Waals surface area (Å²) in [6.45, 7) is 0. The van der Waals surface area contributed by atoms with Gasteiger partial charge < -0.3 is 11.1 Å². The monoisotopic (exact) mass is 320 g/mol. The SMILES string of the molecule is NC(=O)c1c(NC(=O)Cc2cccs2)sc2c1CCCC2. The molecule has 1 aliphatic carbocycles. The van der Waals surface area contributed by atoms with Crippen LogP contribution in [0.5, 0.6) is 0 Å². The van der Waals surface area contributed by atoms with E-state index in [0.717, 1.165) is 36.1 Å². The third kappa shape index (κ3) is 3.01. The molecule has 0 saturated heterocycles. The number of anilines is 1. The Bertz CT molecular complexity index is 674. The predicted octanol–water partition coefficient (Wildman–Crippen LogP) is 2.97. The van der Waals surface area contributed by atoms with Crippen LogP contribution in [-0.4, -0.2) is 11.8 Å². The van der Waals surface area contributed by atoms with Crippen molar-refractivity contribution in [3.8, 4) is 0 Å². The van der Waals surface area contributed by atoms with E-state index in [2.05, 4.69) is 5.32 Å². The smallest absolute Gasteiger partial charge is 0.251 e. The van der Waals surface area contributed by atoms with Gasteiger partial charge >= 0.3 is 0 Å². The lowest BCUT2D eigenvalue weighted by Gasteiger charge is -2.11. The number of carbonyl (C=O) groups is 2. The van der Waals surface area contributed by atoms with Crippen LogP contribution >= 0.6 is 22.7 Å². The lowest BCUT2D eigenvalue weighted by molar-refractivity contribution is -0.115. The van der Waals surface area contributed by atoms with E-state index in [-0.39, 0.29) is 5.91 Å². The number of thiophene rings is 2. The lowest BCUT2D eigenvalue weighted by Crippen LogP contribution is -2.19. The summed E-state index contributed by atoms with van der Waals surface area (Å²) in [6.07, 6.45) is 4.39. The largest absolute Gasteiger partial charge is 0.365 e. The summed E-state index contributed by atoms with van der Waals surface area (Å²) in [6, 6.07) is 3.85. The molecular weight excluding hydrogens is 304 g/mol. The van der Waals surface area contributed by atoms with Crippen LogP contribution in [0, 0.1) is 0 Å². The number of amides is 2. The maximum absolute atomic E-state index is 12.1. The van der Waals surface area contributed by atoms with Gasteiger partial charge in [-0.15, -0.1) is 22.7 Å². The number of carbonyl (C=O) groups excluding carboxylic acids is 2. The number of nitrogens with one attached hydrogen (secondary N) is 1. The van der Waals surface area contributed by atoms with Crippen LogP contribution < -0.4 is 11.1 Å². The topological polar surface area (TPSA) is 72.2 Å². The number of hydrogen-bond donors (Lipinski definition) is 2. The lowest BCUT2D eigenvalue weighted by atomic mass is 9.95. The third-order valence-corrected chi connectivity index (χ3v) is 5.67. The number of nitrogens with two attached hydrogens (primary N) is 1. The molecule has 2 aromatic rings. The van der Waals surface area contributed by atoms with Gasteiger partial charge in [0.05, 0.1) is 12.0 Å². The highest BCUT2D eigenvalue weighted by Crippen LogP contribution is 2.37. The first-order valence-corrected chi connectivity index (χ1v) is 8.61. The molecule has 2 heterocycles. The molecule has 0 fully saturated rings. The highest BCUT2D eigenvalue weighted by atomic mass is 32.1. The summed E-state index contributed by atoms with van der Waals surface area (Å²) in [5.74, 6) is -0.542. The highest BCUT2D eigenvalue weighted by Gasteiger charge is 2.24. The minimum Gasteiger partial charge on any atom is -0.365 e. The Morgan fingerprint density at radius 1 is 1.29 bits per heavy atom. The summed E-state index contributed by atoms with van der Waals surface area (Å²) in [7, 11) is 0. The molecule has 0 atom stereocenters. The van der Waals surface area contributed by atoms with Crippen molar-refractivity contribution in [2.24, 2.45) is 5.73 Å². The number of hydrogen-bond acceptors (Lipinski definition) is 4. The molecule has 110 valence electrons. The van der Waals surface area contributed by atoms with Gasteiger partial charge in [0.1, 0.15) is 5.00 Å². The third-order valence-electron chi connectivity index (χ3n) is 3.59. The maximum Gasteiger partial charge on any atom is 0.251 e. The van der Waals surface area contributed by atoms with E-state index in [0.29, 0.717) is 17.0 Å². The number of rotatable bonds is 4. The summed E-state index contributed by atoms with van der Waals surface area (Å²) >= 11 is 3.05. The summed E-state index contributed by atoms with van der Waals surface area (Å²) < 4.78 is 0. The van der Waals surface area contributed by atoms with E-state index in [4.69, 9.17) is 5.73 Å². The van der Waals surface area contributed by atoms with Gasteiger partial charge in [0.2, 0.25) is 5.91 Å². The Labute approximate surface area is 131 Å². The van der Waals surface area contributed by atoms with Crippen LogP contribution in [0.15, 0.2) is 17.5 Å². The van der Waals surface area contributed by atoms with Crippen molar-refractivity contribution in [3.05, 3.63) is 38.4 Å². The number of aryl methyl sites for hydroxylation is 1.